The quantitative estimate of drug-likeness (QED) is 0.618. The lowest BCUT2D eigenvalue weighted by Gasteiger charge is -2.51. The minimum atomic E-state index is -0.450. The first-order valence-corrected chi connectivity index (χ1v) is 11.2. The molecule has 0 amide bonds. The Bertz CT molecular complexity index is 1010. The SMILES string of the molecule is CC(C)OC(=O)[C@@H]1CC2=CC(=O)C=CC2(C)C2=C1C1=CC[C@@]3(C)CCC(=O)C13CC2. The molecule has 1 fully saturated rings. The summed E-state index contributed by atoms with van der Waals surface area (Å²) in [7, 11) is 0. The number of allylic oxidation sites excluding steroid dienone is 7. The summed E-state index contributed by atoms with van der Waals surface area (Å²) in [5, 5.41) is 0. The Morgan fingerprint density at radius 2 is 1.93 bits per heavy atom. The summed E-state index contributed by atoms with van der Waals surface area (Å²) in [5.41, 5.74) is 3.49. The fourth-order valence-corrected chi connectivity index (χ4v) is 7.00. The largest absolute Gasteiger partial charge is 0.462 e. The Kier molecular flexibility index (Phi) is 4.04. The van der Waals surface area contributed by atoms with E-state index in [0.29, 0.717) is 18.6 Å². The molecule has 0 saturated heterocycles. The molecule has 0 aromatic heterocycles. The number of ether oxygens (including phenoxy) is 1. The van der Waals surface area contributed by atoms with Crippen LogP contribution in [0, 0.1) is 22.2 Å². The number of hydrogen-bond acceptors (Lipinski definition) is 4. The molecule has 0 aliphatic heterocycles. The highest BCUT2D eigenvalue weighted by molar-refractivity contribution is 6.02. The van der Waals surface area contributed by atoms with Crippen molar-refractivity contribution in [2.75, 3.05) is 0 Å². The zero-order valence-corrected chi connectivity index (χ0v) is 18.3. The molecular formula is C26H30O4. The summed E-state index contributed by atoms with van der Waals surface area (Å²) in [6, 6.07) is 0. The van der Waals surface area contributed by atoms with E-state index in [1.54, 1.807) is 12.2 Å². The molecule has 5 rings (SSSR count). The maximum Gasteiger partial charge on any atom is 0.314 e. The maximum atomic E-state index is 13.3. The molecule has 30 heavy (non-hydrogen) atoms. The molecule has 0 heterocycles. The first-order valence-electron chi connectivity index (χ1n) is 11.2. The second kappa shape index (κ2) is 6.15. The van der Waals surface area contributed by atoms with Crippen molar-refractivity contribution in [1.82, 2.24) is 0 Å². The van der Waals surface area contributed by atoms with Gasteiger partial charge >= 0.3 is 5.97 Å². The smallest absolute Gasteiger partial charge is 0.314 e. The molecule has 4 nitrogen and oxygen atoms in total. The third kappa shape index (κ3) is 2.31. The summed E-state index contributed by atoms with van der Waals surface area (Å²) >= 11 is 0. The molecule has 5 aliphatic carbocycles. The molecule has 2 unspecified atom stereocenters. The highest BCUT2D eigenvalue weighted by Gasteiger charge is 2.65. The van der Waals surface area contributed by atoms with Crippen LogP contribution in [0.3, 0.4) is 0 Å². The van der Waals surface area contributed by atoms with E-state index in [0.717, 1.165) is 42.4 Å². The monoisotopic (exact) mass is 406 g/mol. The minimum Gasteiger partial charge on any atom is -0.462 e. The predicted octanol–water partition coefficient (Wildman–Crippen LogP) is 4.81. The van der Waals surface area contributed by atoms with E-state index < -0.39 is 11.3 Å². The van der Waals surface area contributed by atoms with Gasteiger partial charge in [-0.15, -0.1) is 0 Å². The molecule has 4 atom stereocenters. The molecule has 4 heteroatoms. The van der Waals surface area contributed by atoms with Gasteiger partial charge in [-0.1, -0.05) is 30.2 Å². The van der Waals surface area contributed by atoms with Crippen LogP contribution in [-0.4, -0.2) is 23.6 Å². The molecule has 1 saturated carbocycles. The van der Waals surface area contributed by atoms with E-state index in [1.807, 2.05) is 19.9 Å². The highest BCUT2D eigenvalue weighted by atomic mass is 16.5. The van der Waals surface area contributed by atoms with Gasteiger partial charge in [0.2, 0.25) is 0 Å². The van der Waals surface area contributed by atoms with Gasteiger partial charge in [-0.2, -0.15) is 0 Å². The number of esters is 1. The Morgan fingerprint density at radius 1 is 1.17 bits per heavy atom. The Labute approximate surface area is 178 Å². The van der Waals surface area contributed by atoms with E-state index >= 15 is 0 Å². The number of carbonyl (C=O) groups excluding carboxylic acids is 3. The summed E-state index contributed by atoms with van der Waals surface area (Å²) in [6.45, 7) is 8.13. The van der Waals surface area contributed by atoms with Crippen molar-refractivity contribution < 1.29 is 19.1 Å². The number of rotatable bonds is 2. The summed E-state index contributed by atoms with van der Waals surface area (Å²) in [6.07, 6.45) is 11.9. The number of Topliss-reactive ketones (excluding diaryl/α,β-unsaturated/α-hetero) is 1. The number of carbonyl (C=O) groups is 3. The van der Waals surface area contributed by atoms with E-state index in [9.17, 15) is 14.4 Å². The molecule has 1 spiro atoms. The zero-order chi connectivity index (χ0) is 21.5. The van der Waals surface area contributed by atoms with Crippen LogP contribution in [0.1, 0.15) is 66.2 Å². The molecule has 0 aromatic carbocycles. The average Bonchev–Trinajstić information content (AvgIpc) is 3.11. The third-order valence-corrected chi connectivity index (χ3v) is 8.59. The minimum absolute atomic E-state index is 0.0200. The first-order chi connectivity index (χ1) is 14.1. The molecule has 0 N–H and O–H groups in total. The van der Waals surface area contributed by atoms with Crippen molar-refractivity contribution in [1.29, 1.82) is 0 Å². The lowest BCUT2D eigenvalue weighted by Crippen LogP contribution is -2.46. The maximum absolute atomic E-state index is 13.3. The molecule has 5 aliphatic rings. The fraction of sp³-hybridized carbons (Fsp3) is 0.577. The summed E-state index contributed by atoms with van der Waals surface area (Å²) < 4.78 is 5.67. The molecule has 0 aromatic rings. The van der Waals surface area contributed by atoms with Crippen molar-refractivity contribution in [2.45, 2.75) is 72.3 Å². The van der Waals surface area contributed by atoms with E-state index in [2.05, 4.69) is 19.9 Å². The summed E-state index contributed by atoms with van der Waals surface area (Å²) in [5.74, 6) is -0.356. The molecular weight excluding hydrogens is 376 g/mol. The van der Waals surface area contributed by atoms with Gasteiger partial charge in [-0.05, 0) is 81.6 Å². The van der Waals surface area contributed by atoms with Gasteiger partial charge in [-0.3, -0.25) is 14.4 Å². The van der Waals surface area contributed by atoms with Crippen LogP contribution in [0.5, 0.6) is 0 Å². The highest BCUT2D eigenvalue weighted by Crippen LogP contribution is 2.70. The molecule has 158 valence electrons. The Hall–Kier alpha value is -2.23. The van der Waals surface area contributed by atoms with Crippen molar-refractivity contribution >= 4 is 17.5 Å². The normalized spacial score (nSPS) is 39.3. The third-order valence-electron chi connectivity index (χ3n) is 8.59. The van der Waals surface area contributed by atoms with Crippen LogP contribution in [0.2, 0.25) is 0 Å². The lowest BCUT2D eigenvalue weighted by atomic mass is 9.51. The van der Waals surface area contributed by atoms with Crippen LogP contribution >= 0.6 is 0 Å². The number of hydrogen-bond donors (Lipinski definition) is 0. The van der Waals surface area contributed by atoms with Crippen LogP contribution in [-0.2, 0) is 19.1 Å². The van der Waals surface area contributed by atoms with Gasteiger partial charge in [0.25, 0.3) is 0 Å². The van der Waals surface area contributed by atoms with Crippen molar-refractivity contribution in [3.63, 3.8) is 0 Å². The summed E-state index contributed by atoms with van der Waals surface area (Å²) in [4.78, 5) is 38.7. The topological polar surface area (TPSA) is 60.4 Å². The Morgan fingerprint density at radius 3 is 2.67 bits per heavy atom. The number of ketones is 2. The van der Waals surface area contributed by atoms with Gasteiger partial charge < -0.3 is 4.74 Å². The first kappa shape index (κ1) is 19.7. The van der Waals surface area contributed by atoms with Gasteiger partial charge in [0, 0.05) is 11.8 Å². The van der Waals surface area contributed by atoms with Crippen molar-refractivity contribution in [2.24, 2.45) is 22.2 Å². The lowest BCUT2D eigenvalue weighted by molar-refractivity contribution is -0.151. The average molecular weight is 407 g/mol. The van der Waals surface area contributed by atoms with Crippen LogP contribution < -0.4 is 0 Å². The molecule has 0 radical (unpaired) electrons. The van der Waals surface area contributed by atoms with Crippen LogP contribution in [0.4, 0.5) is 0 Å². The van der Waals surface area contributed by atoms with Gasteiger partial charge in [0.05, 0.1) is 17.4 Å². The Balaban J connectivity index is 1.72. The second-order valence-corrected chi connectivity index (χ2v) is 10.5. The predicted molar refractivity (Wildman–Crippen MR) is 113 cm³/mol. The fourth-order valence-electron chi connectivity index (χ4n) is 7.00. The van der Waals surface area contributed by atoms with E-state index in [4.69, 9.17) is 4.74 Å². The van der Waals surface area contributed by atoms with Crippen LogP contribution in [0.15, 0.2) is 46.6 Å². The van der Waals surface area contributed by atoms with Gasteiger partial charge in [0.1, 0.15) is 5.78 Å². The van der Waals surface area contributed by atoms with Gasteiger partial charge in [-0.25, -0.2) is 0 Å². The number of fused-ring (bicyclic) bond motifs is 3. The van der Waals surface area contributed by atoms with Crippen LogP contribution in [0.25, 0.3) is 0 Å². The van der Waals surface area contributed by atoms with Gasteiger partial charge in [0.15, 0.2) is 5.78 Å². The van der Waals surface area contributed by atoms with E-state index in [1.165, 1.54) is 5.57 Å². The molecule has 0 bridgehead atoms. The van der Waals surface area contributed by atoms with Crippen molar-refractivity contribution in [3.05, 3.63) is 46.6 Å². The van der Waals surface area contributed by atoms with E-state index in [-0.39, 0.29) is 28.7 Å². The standard InChI is InChI=1S/C26H30O4/c1-15(2)30-23(29)18-14-16-13-17(27)5-11-25(16,4)19-7-12-26-20(22(18)19)6-9-24(26,3)10-8-21(26)28/h5-6,11,13,15,18H,7-10,12,14H2,1-4H3/t18-,24+,25?,26?/m1/s1. The second-order valence-electron chi connectivity index (χ2n) is 10.5. The zero-order valence-electron chi connectivity index (χ0n) is 18.3. The van der Waals surface area contributed by atoms with Crippen molar-refractivity contribution in [3.8, 4) is 0 Å².